The minimum atomic E-state index is 0.679. The standard InChI is InChI=1S/C64H45N3/c1-7-20-49(21-8-1)60(50-22-9-2-10-23-50)62(53-28-15-5-16-29-53)55-38-34-46(35-39-55)57-41-40-56(44-58(57)47-32-36-48(37-33-47)59-45-67-43-19-42-65-64(67)66-59)63(54-30-17-6-18-31-54)61(51-24-11-3-12-25-51)52-26-13-4-14-27-52/h1-45H. The van der Waals surface area contributed by atoms with Crippen LogP contribution in [0.1, 0.15) is 44.5 Å². The highest BCUT2D eigenvalue weighted by molar-refractivity contribution is 6.06. The Morgan fingerprint density at radius 3 is 1.06 bits per heavy atom. The van der Waals surface area contributed by atoms with Crippen molar-refractivity contribution in [2.24, 2.45) is 0 Å². The maximum atomic E-state index is 4.84. The fraction of sp³-hybridized carbons (Fsp3) is 0. The van der Waals surface area contributed by atoms with Crippen LogP contribution in [0.5, 0.6) is 0 Å². The lowest BCUT2D eigenvalue weighted by Gasteiger charge is -2.21. The zero-order valence-corrected chi connectivity index (χ0v) is 36.8. The molecule has 67 heavy (non-hydrogen) atoms. The van der Waals surface area contributed by atoms with Crippen molar-refractivity contribution < 1.29 is 0 Å². The van der Waals surface area contributed by atoms with Gasteiger partial charge < -0.3 is 0 Å². The van der Waals surface area contributed by atoms with E-state index < -0.39 is 0 Å². The second-order valence-electron chi connectivity index (χ2n) is 16.6. The summed E-state index contributed by atoms with van der Waals surface area (Å²) >= 11 is 0. The molecule has 0 bridgehead atoms. The second-order valence-corrected chi connectivity index (χ2v) is 16.6. The van der Waals surface area contributed by atoms with E-state index in [-0.39, 0.29) is 0 Å². The summed E-state index contributed by atoms with van der Waals surface area (Å²) in [6, 6.07) is 91.5. The van der Waals surface area contributed by atoms with Gasteiger partial charge in [-0.05, 0) is 101 Å². The van der Waals surface area contributed by atoms with Crippen LogP contribution in [0.15, 0.2) is 273 Å². The van der Waals surface area contributed by atoms with E-state index in [0.717, 1.165) is 66.9 Å². The molecule has 316 valence electrons. The summed E-state index contributed by atoms with van der Waals surface area (Å²) < 4.78 is 1.96. The van der Waals surface area contributed by atoms with E-state index >= 15 is 0 Å². The number of benzene rings is 9. The predicted octanol–water partition coefficient (Wildman–Crippen LogP) is 15.7. The van der Waals surface area contributed by atoms with Crippen LogP contribution in [0.2, 0.25) is 0 Å². The van der Waals surface area contributed by atoms with Gasteiger partial charge in [0, 0.05) is 24.2 Å². The zero-order chi connectivity index (χ0) is 44.8. The Labute approximate surface area is 392 Å². The number of hydrogen-bond donors (Lipinski definition) is 0. The van der Waals surface area contributed by atoms with Gasteiger partial charge in [0.05, 0.1) is 5.69 Å². The molecular formula is C64H45N3. The number of rotatable bonds is 11. The number of nitrogens with zero attached hydrogens (tertiary/aromatic N) is 3. The minimum Gasteiger partial charge on any atom is -0.291 e. The highest BCUT2D eigenvalue weighted by Gasteiger charge is 2.20. The van der Waals surface area contributed by atoms with Gasteiger partial charge in [-0.1, -0.05) is 243 Å². The first-order valence-corrected chi connectivity index (χ1v) is 22.7. The Balaban J connectivity index is 1.11. The maximum Gasteiger partial charge on any atom is 0.234 e. The van der Waals surface area contributed by atoms with Crippen LogP contribution in [0.25, 0.3) is 61.6 Å². The summed E-state index contributed by atoms with van der Waals surface area (Å²) in [5, 5.41) is 0. The fourth-order valence-electron chi connectivity index (χ4n) is 9.25. The molecule has 11 aromatic rings. The predicted molar refractivity (Wildman–Crippen MR) is 278 cm³/mol. The quantitative estimate of drug-likeness (QED) is 0.121. The molecule has 2 heterocycles. The minimum absolute atomic E-state index is 0.679. The Kier molecular flexibility index (Phi) is 11.4. The van der Waals surface area contributed by atoms with Crippen LogP contribution in [0.4, 0.5) is 0 Å². The Morgan fingerprint density at radius 2 is 0.642 bits per heavy atom. The van der Waals surface area contributed by atoms with Crippen molar-refractivity contribution in [2.75, 3.05) is 0 Å². The highest BCUT2D eigenvalue weighted by Crippen LogP contribution is 2.43. The van der Waals surface area contributed by atoms with Gasteiger partial charge in [-0.25, -0.2) is 9.97 Å². The highest BCUT2D eigenvalue weighted by atomic mass is 15.1. The molecule has 0 saturated carbocycles. The average Bonchev–Trinajstić information content (AvgIpc) is 3.86. The maximum absolute atomic E-state index is 4.84. The lowest BCUT2D eigenvalue weighted by molar-refractivity contribution is 1.11. The summed E-state index contributed by atoms with van der Waals surface area (Å²) in [5.41, 5.74) is 20.4. The van der Waals surface area contributed by atoms with Crippen LogP contribution in [-0.4, -0.2) is 14.4 Å². The first-order chi connectivity index (χ1) is 33.2. The largest absolute Gasteiger partial charge is 0.291 e. The van der Waals surface area contributed by atoms with Crippen molar-refractivity contribution in [1.29, 1.82) is 0 Å². The van der Waals surface area contributed by atoms with Crippen molar-refractivity contribution in [3.05, 3.63) is 318 Å². The number of aromatic nitrogens is 3. The molecule has 0 N–H and O–H groups in total. The van der Waals surface area contributed by atoms with Crippen molar-refractivity contribution in [2.45, 2.75) is 0 Å². The molecule has 0 saturated heterocycles. The molecule has 0 radical (unpaired) electrons. The monoisotopic (exact) mass is 855 g/mol. The van der Waals surface area contributed by atoms with Crippen LogP contribution < -0.4 is 0 Å². The van der Waals surface area contributed by atoms with Gasteiger partial charge in [0.1, 0.15) is 0 Å². The fourth-order valence-corrected chi connectivity index (χ4v) is 9.25. The third-order valence-electron chi connectivity index (χ3n) is 12.4. The van der Waals surface area contributed by atoms with E-state index in [2.05, 4.69) is 254 Å². The van der Waals surface area contributed by atoms with E-state index in [1.165, 1.54) is 33.4 Å². The molecule has 0 atom stereocenters. The number of imidazole rings is 1. The van der Waals surface area contributed by atoms with Gasteiger partial charge in [0.25, 0.3) is 0 Å². The van der Waals surface area contributed by atoms with Crippen LogP contribution in [-0.2, 0) is 0 Å². The van der Waals surface area contributed by atoms with Crippen molar-refractivity contribution in [1.82, 2.24) is 14.4 Å². The van der Waals surface area contributed by atoms with Gasteiger partial charge in [0.2, 0.25) is 5.78 Å². The average molecular weight is 856 g/mol. The molecule has 3 heteroatoms. The molecule has 11 rings (SSSR count). The summed E-state index contributed by atoms with van der Waals surface area (Å²) in [5.74, 6) is 0.679. The van der Waals surface area contributed by atoms with Crippen molar-refractivity contribution in [3.8, 4) is 33.5 Å². The Hall–Kier alpha value is -8.92. The topological polar surface area (TPSA) is 30.2 Å². The molecule has 9 aromatic carbocycles. The molecule has 0 spiro atoms. The van der Waals surface area contributed by atoms with Crippen LogP contribution in [0.3, 0.4) is 0 Å². The zero-order valence-electron chi connectivity index (χ0n) is 36.8. The van der Waals surface area contributed by atoms with Gasteiger partial charge in [-0.15, -0.1) is 0 Å². The molecule has 0 unspecified atom stereocenters. The van der Waals surface area contributed by atoms with Gasteiger partial charge in [0.15, 0.2) is 0 Å². The lowest BCUT2D eigenvalue weighted by Crippen LogP contribution is -1.99. The van der Waals surface area contributed by atoms with Gasteiger partial charge >= 0.3 is 0 Å². The third-order valence-corrected chi connectivity index (χ3v) is 12.4. The number of hydrogen-bond acceptors (Lipinski definition) is 2. The van der Waals surface area contributed by atoms with E-state index in [1.54, 1.807) is 6.20 Å². The normalized spacial score (nSPS) is 11.0. The molecular weight excluding hydrogens is 811 g/mol. The molecule has 0 aliphatic rings. The van der Waals surface area contributed by atoms with Gasteiger partial charge in [-0.2, -0.15) is 0 Å². The third kappa shape index (κ3) is 8.46. The van der Waals surface area contributed by atoms with Crippen LogP contribution >= 0.6 is 0 Å². The van der Waals surface area contributed by atoms with Gasteiger partial charge in [-0.3, -0.25) is 4.40 Å². The van der Waals surface area contributed by atoms with E-state index in [0.29, 0.717) is 5.78 Å². The summed E-state index contributed by atoms with van der Waals surface area (Å²) in [6.07, 6.45) is 5.80. The summed E-state index contributed by atoms with van der Waals surface area (Å²) in [7, 11) is 0. The van der Waals surface area contributed by atoms with Crippen molar-refractivity contribution in [3.63, 3.8) is 0 Å². The van der Waals surface area contributed by atoms with E-state index in [9.17, 15) is 0 Å². The molecule has 0 aliphatic heterocycles. The van der Waals surface area contributed by atoms with Crippen LogP contribution in [0, 0.1) is 0 Å². The number of fused-ring (bicyclic) bond motifs is 1. The second kappa shape index (κ2) is 18.7. The van der Waals surface area contributed by atoms with Crippen molar-refractivity contribution >= 4 is 28.1 Å². The first-order valence-electron chi connectivity index (χ1n) is 22.7. The summed E-state index contributed by atoms with van der Waals surface area (Å²) in [6.45, 7) is 0. The summed E-state index contributed by atoms with van der Waals surface area (Å²) in [4.78, 5) is 9.30. The Morgan fingerprint density at radius 1 is 0.299 bits per heavy atom. The van der Waals surface area contributed by atoms with E-state index in [4.69, 9.17) is 4.98 Å². The molecule has 3 nitrogen and oxygen atoms in total. The molecule has 2 aromatic heterocycles. The molecule has 0 fully saturated rings. The smallest absolute Gasteiger partial charge is 0.234 e. The molecule has 0 aliphatic carbocycles. The van der Waals surface area contributed by atoms with E-state index in [1.807, 2.05) is 22.9 Å². The Bertz CT molecular complexity index is 3370. The molecule has 0 amide bonds. The lowest BCUT2D eigenvalue weighted by atomic mass is 9.83. The SMILES string of the molecule is c1ccc(C(=C(c2ccccc2)c2ccc(-c3ccc(C(=C(c4ccccc4)c4ccccc4)c4ccccc4)cc3-c3ccc(-c4cn5cccnc5n4)cc3)cc2)c2ccccc2)cc1. The first kappa shape index (κ1) is 40.8.